The topological polar surface area (TPSA) is 96.0 Å². The number of aromatic nitrogens is 1. The molecule has 0 bridgehead atoms. The Morgan fingerprint density at radius 2 is 2.00 bits per heavy atom. The van der Waals surface area contributed by atoms with Crippen LogP contribution in [0.2, 0.25) is 0 Å². The number of rotatable bonds is 5. The minimum absolute atomic E-state index is 0.0681. The van der Waals surface area contributed by atoms with E-state index in [0.29, 0.717) is 16.9 Å². The molecule has 98 valence electrons. The van der Waals surface area contributed by atoms with Crippen molar-refractivity contribution in [2.45, 2.75) is 12.3 Å². The monoisotopic (exact) mass is 277 g/mol. The van der Waals surface area contributed by atoms with Crippen molar-refractivity contribution in [3.63, 3.8) is 0 Å². The minimum Gasteiger partial charge on any atom is -0.360 e. The van der Waals surface area contributed by atoms with Crippen LogP contribution in [0.3, 0.4) is 0 Å². The second-order valence-electron chi connectivity index (χ2n) is 3.87. The molecule has 19 heavy (non-hydrogen) atoms. The van der Waals surface area contributed by atoms with Gasteiger partial charge in [0.15, 0.2) is 5.76 Å². The second-order valence-corrected chi connectivity index (χ2v) is 5.67. The van der Waals surface area contributed by atoms with E-state index in [1.807, 2.05) is 6.07 Å². The number of hydrogen-bond donors (Lipinski definition) is 1. The van der Waals surface area contributed by atoms with Crippen LogP contribution >= 0.6 is 0 Å². The van der Waals surface area contributed by atoms with Crippen molar-refractivity contribution >= 4 is 10.0 Å². The summed E-state index contributed by atoms with van der Waals surface area (Å²) in [5.41, 5.74) is 1.11. The first-order valence-electron chi connectivity index (χ1n) is 5.45. The van der Waals surface area contributed by atoms with Crippen molar-refractivity contribution in [3.8, 4) is 6.07 Å². The molecule has 1 heterocycles. The largest absolute Gasteiger partial charge is 0.360 e. The molecule has 0 saturated heterocycles. The Bertz CT molecular complexity index is 670. The predicted octanol–water partition coefficient (Wildman–Crippen LogP) is 1.17. The van der Waals surface area contributed by atoms with E-state index in [-0.39, 0.29) is 12.3 Å². The van der Waals surface area contributed by atoms with E-state index < -0.39 is 10.0 Å². The highest BCUT2D eigenvalue weighted by atomic mass is 32.2. The number of nitrogens with one attached hydrogen (secondary N) is 1. The first kappa shape index (κ1) is 13.3. The highest BCUT2D eigenvalue weighted by Gasteiger charge is 2.12. The lowest BCUT2D eigenvalue weighted by atomic mass is 10.2. The third kappa shape index (κ3) is 3.91. The Morgan fingerprint density at radius 1 is 1.26 bits per heavy atom. The second kappa shape index (κ2) is 5.65. The summed E-state index contributed by atoms with van der Waals surface area (Å²) in [5, 5.41) is 12.1. The Morgan fingerprint density at radius 3 is 2.58 bits per heavy atom. The zero-order valence-corrected chi connectivity index (χ0v) is 10.7. The van der Waals surface area contributed by atoms with Gasteiger partial charge in [-0.15, -0.1) is 0 Å². The van der Waals surface area contributed by atoms with Gasteiger partial charge < -0.3 is 4.52 Å². The van der Waals surface area contributed by atoms with Crippen molar-refractivity contribution in [2.24, 2.45) is 0 Å². The van der Waals surface area contributed by atoms with E-state index in [2.05, 4.69) is 9.88 Å². The smallest absolute Gasteiger partial charge is 0.216 e. The SMILES string of the molecule is N#Cc1ccc(CS(=O)(=O)NCc2ccno2)cc1. The van der Waals surface area contributed by atoms with Crippen LogP contribution in [0.25, 0.3) is 0 Å². The van der Waals surface area contributed by atoms with Crippen LogP contribution in [0.5, 0.6) is 0 Å². The summed E-state index contributed by atoms with van der Waals surface area (Å²) in [4.78, 5) is 0. The Hall–Kier alpha value is -2.17. The summed E-state index contributed by atoms with van der Waals surface area (Å²) in [6, 6.07) is 9.97. The molecule has 0 aliphatic carbocycles. The zero-order valence-electron chi connectivity index (χ0n) is 9.91. The first-order valence-corrected chi connectivity index (χ1v) is 7.10. The van der Waals surface area contributed by atoms with Gasteiger partial charge in [0.25, 0.3) is 0 Å². The normalized spacial score (nSPS) is 11.1. The molecule has 1 N–H and O–H groups in total. The van der Waals surface area contributed by atoms with E-state index >= 15 is 0 Å². The molecule has 1 aromatic carbocycles. The van der Waals surface area contributed by atoms with Crippen molar-refractivity contribution in [2.75, 3.05) is 0 Å². The third-order valence-corrected chi connectivity index (χ3v) is 3.69. The van der Waals surface area contributed by atoms with Gasteiger partial charge in [0.2, 0.25) is 10.0 Å². The predicted molar refractivity (Wildman–Crippen MR) is 67.1 cm³/mol. The van der Waals surface area contributed by atoms with Crippen LogP contribution in [-0.2, 0) is 22.3 Å². The molecule has 2 aromatic rings. The summed E-state index contributed by atoms with van der Waals surface area (Å²) < 4.78 is 30.8. The summed E-state index contributed by atoms with van der Waals surface area (Å²) in [7, 11) is -3.45. The van der Waals surface area contributed by atoms with Gasteiger partial charge in [-0.3, -0.25) is 0 Å². The highest BCUT2D eigenvalue weighted by molar-refractivity contribution is 7.88. The molecule has 0 radical (unpaired) electrons. The maximum atomic E-state index is 11.8. The van der Waals surface area contributed by atoms with Gasteiger partial charge in [-0.25, -0.2) is 13.1 Å². The third-order valence-electron chi connectivity index (χ3n) is 2.40. The lowest BCUT2D eigenvalue weighted by molar-refractivity contribution is 0.380. The van der Waals surface area contributed by atoms with E-state index in [1.165, 1.54) is 6.20 Å². The molecule has 0 amide bonds. The van der Waals surface area contributed by atoms with Crippen molar-refractivity contribution < 1.29 is 12.9 Å². The molecule has 0 aliphatic rings. The maximum Gasteiger partial charge on any atom is 0.216 e. The van der Waals surface area contributed by atoms with Crippen molar-refractivity contribution in [1.82, 2.24) is 9.88 Å². The molecule has 0 aliphatic heterocycles. The van der Waals surface area contributed by atoms with Crippen LogP contribution < -0.4 is 4.72 Å². The van der Waals surface area contributed by atoms with Crippen LogP contribution in [0, 0.1) is 11.3 Å². The molecule has 7 heteroatoms. The quantitative estimate of drug-likeness (QED) is 0.884. The molecule has 0 fully saturated rings. The fourth-order valence-electron chi connectivity index (χ4n) is 1.46. The van der Waals surface area contributed by atoms with Crippen molar-refractivity contribution in [1.29, 1.82) is 5.26 Å². The molecule has 6 nitrogen and oxygen atoms in total. The molecular weight excluding hydrogens is 266 g/mol. The Kier molecular flexibility index (Phi) is 3.94. The summed E-state index contributed by atoms with van der Waals surface area (Å²) in [5.74, 6) is 0.302. The molecule has 0 atom stereocenters. The van der Waals surface area contributed by atoms with E-state index in [0.717, 1.165) is 0 Å². The summed E-state index contributed by atoms with van der Waals surface area (Å²) in [6.45, 7) is 0.0681. The van der Waals surface area contributed by atoms with E-state index in [9.17, 15) is 8.42 Å². The molecule has 2 rings (SSSR count). The number of nitriles is 1. The minimum atomic E-state index is -3.45. The molecule has 1 aromatic heterocycles. The van der Waals surface area contributed by atoms with E-state index in [1.54, 1.807) is 30.3 Å². The van der Waals surface area contributed by atoms with Gasteiger partial charge in [-0.1, -0.05) is 17.3 Å². The van der Waals surface area contributed by atoms with E-state index in [4.69, 9.17) is 9.78 Å². The molecule has 0 spiro atoms. The standard InChI is InChI=1S/C12H11N3O3S/c13-7-10-1-3-11(4-2-10)9-19(16,17)15-8-12-5-6-14-18-12/h1-6,15H,8-9H2. The lowest BCUT2D eigenvalue weighted by Gasteiger charge is -2.05. The summed E-state index contributed by atoms with van der Waals surface area (Å²) >= 11 is 0. The number of sulfonamides is 1. The van der Waals surface area contributed by atoms with Gasteiger partial charge in [-0.05, 0) is 17.7 Å². The van der Waals surface area contributed by atoms with Crippen LogP contribution in [0.15, 0.2) is 41.1 Å². The van der Waals surface area contributed by atoms with Gasteiger partial charge in [0.05, 0.1) is 30.1 Å². The van der Waals surface area contributed by atoms with Gasteiger partial charge in [0, 0.05) is 6.07 Å². The maximum absolute atomic E-state index is 11.8. The number of hydrogen-bond acceptors (Lipinski definition) is 5. The first-order chi connectivity index (χ1) is 9.09. The highest BCUT2D eigenvalue weighted by Crippen LogP contribution is 2.08. The zero-order chi connectivity index (χ0) is 13.7. The fourth-order valence-corrected chi connectivity index (χ4v) is 2.56. The average molecular weight is 277 g/mol. The average Bonchev–Trinajstić information content (AvgIpc) is 2.90. The van der Waals surface area contributed by atoms with Crippen LogP contribution in [0.4, 0.5) is 0 Å². The molecular formula is C12H11N3O3S. The fraction of sp³-hybridized carbons (Fsp3) is 0.167. The Balaban J connectivity index is 1.98. The van der Waals surface area contributed by atoms with Crippen LogP contribution in [0.1, 0.15) is 16.9 Å². The van der Waals surface area contributed by atoms with Gasteiger partial charge in [-0.2, -0.15) is 5.26 Å². The van der Waals surface area contributed by atoms with Gasteiger partial charge in [0.1, 0.15) is 0 Å². The molecule has 0 saturated carbocycles. The summed E-state index contributed by atoms with van der Waals surface area (Å²) in [6.07, 6.45) is 1.45. The van der Waals surface area contributed by atoms with Crippen LogP contribution in [-0.4, -0.2) is 13.6 Å². The molecule has 0 unspecified atom stereocenters. The van der Waals surface area contributed by atoms with Gasteiger partial charge >= 0.3 is 0 Å². The number of nitrogens with zero attached hydrogens (tertiary/aromatic N) is 2. The van der Waals surface area contributed by atoms with Crippen molar-refractivity contribution in [3.05, 3.63) is 53.4 Å². The number of benzene rings is 1. The lowest BCUT2D eigenvalue weighted by Crippen LogP contribution is -2.24. The Labute approximate surface area is 110 Å².